The Morgan fingerprint density at radius 2 is 2.14 bits per heavy atom. The fourth-order valence-electron chi connectivity index (χ4n) is 2.31. The van der Waals surface area contributed by atoms with Crippen molar-refractivity contribution in [1.82, 2.24) is 15.1 Å². The molecule has 6 heteroatoms. The number of benzene rings is 1. The summed E-state index contributed by atoms with van der Waals surface area (Å²) in [5, 5.41) is 6.40. The summed E-state index contributed by atoms with van der Waals surface area (Å²) in [4.78, 5) is 24.9. The SMILES string of the molecule is O=C(OCc1ccccc1)N1CCc2n[nH]c(=O)cc2C1. The van der Waals surface area contributed by atoms with E-state index in [4.69, 9.17) is 4.74 Å². The molecule has 21 heavy (non-hydrogen) atoms. The third kappa shape index (κ3) is 3.10. The van der Waals surface area contributed by atoms with Crippen molar-refractivity contribution in [2.24, 2.45) is 0 Å². The van der Waals surface area contributed by atoms with Crippen LogP contribution >= 0.6 is 0 Å². The number of fused-ring (bicyclic) bond motifs is 1. The Morgan fingerprint density at radius 1 is 1.33 bits per heavy atom. The first-order valence-electron chi connectivity index (χ1n) is 6.75. The standard InChI is InChI=1S/C15H15N3O3/c19-14-8-12-9-18(7-6-13(12)16-17-14)15(20)21-10-11-4-2-1-3-5-11/h1-5,8H,6-7,9-10H2,(H,17,19). The van der Waals surface area contributed by atoms with E-state index < -0.39 is 0 Å². The van der Waals surface area contributed by atoms with E-state index in [1.165, 1.54) is 6.07 Å². The molecule has 6 nitrogen and oxygen atoms in total. The zero-order valence-corrected chi connectivity index (χ0v) is 11.4. The predicted octanol–water partition coefficient (Wildman–Crippen LogP) is 1.46. The highest BCUT2D eigenvalue weighted by atomic mass is 16.6. The van der Waals surface area contributed by atoms with Gasteiger partial charge in [0.05, 0.1) is 12.2 Å². The van der Waals surface area contributed by atoms with Crippen molar-refractivity contribution < 1.29 is 9.53 Å². The molecule has 0 saturated heterocycles. The van der Waals surface area contributed by atoms with Crippen LogP contribution in [0.2, 0.25) is 0 Å². The van der Waals surface area contributed by atoms with E-state index in [0.717, 1.165) is 16.8 Å². The van der Waals surface area contributed by atoms with Crippen LogP contribution < -0.4 is 5.56 Å². The second-order valence-corrected chi connectivity index (χ2v) is 4.92. The molecule has 0 fully saturated rings. The number of hydrogen-bond donors (Lipinski definition) is 1. The minimum atomic E-state index is -0.371. The van der Waals surface area contributed by atoms with Crippen LogP contribution in [0.25, 0.3) is 0 Å². The lowest BCUT2D eigenvalue weighted by Crippen LogP contribution is -2.37. The lowest BCUT2D eigenvalue weighted by Gasteiger charge is -2.26. The molecule has 1 aromatic heterocycles. The van der Waals surface area contributed by atoms with Crippen LogP contribution in [0, 0.1) is 0 Å². The summed E-state index contributed by atoms with van der Waals surface area (Å²) in [6.07, 6.45) is 0.247. The van der Waals surface area contributed by atoms with Crippen molar-refractivity contribution in [2.75, 3.05) is 6.54 Å². The molecule has 2 aromatic rings. The van der Waals surface area contributed by atoms with Crippen molar-refractivity contribution in [1.29, 1.82) is 0 Å². The molecule has 1 aromatic carbocycles. The largest absolute Gasteiger partial charge is 0.445 e. The van der Waals surface area contributed by atoms with Crippen molar-refractivity contribution in [3.05, 3.63) is 63.6 Å². The van der Waals surface area contributed by atoms with E-state index in [-0.39, 0.29) is 18.3 Å². The molecule has 0 saturated carbocycles. The summed E-state index contributed by atoms with van der Waals surface area (Å²) in [7, 11) is 0. The quantitative estimate of drug-likeness (QED) is 0.906. The molecule has 0 spiro atoms. The molecule has 0 radical (unpaired) electrons. The Bertz CT molecular complexity index is 697. The van der Waals surface area contributed by atoms with Gasteiger partial charge in [0.1, 0.15) is 6.61 Å². The maximum Gasteiger partial charge on any atom is 0.410 e. The van der Waals surface area contributed by atoms with E-state index in [9.17, 15) is 9.59 Å². The second kappa shape index (κ2) is 5.78. The van der Waals surface area contributed by atoms with Crippen LogP contribution in [0.5, 0.6) is 0 Å². The number of nitrogens with zero attached hydrogens (tertiary/aromatic N) is 2. The van der Waals surface area contributed by atoms with Crippen LogP contribution in [-0.4, -0.2) is 27.7 Å². The first-order valence-corrected chi connectivity index (χ1v) is 6.75. The topological polar surface area (TPSA) is 75.3 Å². The predicted molar refractivity (Wildman–Crippen MR) is 75.6 cm³/mol. The highest BCUT2D eigenvalue weighted by molar-refractivity contribution is 5.68. The number of carbonyl (C=O) groups is 1. The molecule has 0 atom stereocenters. The number of aromatic nitrogens is 2. The Hall–Kier alpha value is -2.63. The molecule has 1 aliphatic rings. The van der Waals surface area contributed by atoms with E-state index in [0.29, 0.717) is 19.5 Å². The van der Waals surface area contributed by atoms with Gasteiger partial charge >= 0.3 is 6.09 Å². The summed E-state index contributed by atoms with van der Waals surface area (Å²) < 4.78 is 5.29. The van der Waals surface area contributed by atoms with Gasteiger partial charge in [-0.1, -0.05) is 30.3 Å². The minimum absolute atomic E-state index is 0.247. The average Bonchev–Trinajstić information content (AvgIpc) is 2.53. The zero-order chi connectivity index (χ0) is 14.7. The lowest BCUT2D eigenvalue weighted by molar-refractivity contribution is 0.0915. The van der Waals surface area contributed by atoms with Crippen LogP contribution in [0.3, 0.4) is 0 Å². The fraction of sp³-hybridized carbons (Fsp3) is 0.267. The van der Waals surface area contributed by atoms with Gasteiger partial charge < -0.3 is 9.64 Å². The van der Waals surface area contributed by atoms with Gasteiger partial charge in [-0.2, -0.15) is 5.10 Å². The van der Waals surface area contributed by atoms with Crippen molar-refractivity contribution in [2.45, 2.75) is 19.6 Å². The summed E-state index contributed by atoms with van der Waals surface area (Å²) in [6, 6.07) is 11.0. The highest BCUT2D eigenvalue weighted by Crippen LogP contribution is 2.15. The Balaban J connectivity index is 1.63. The summed E-state index contributed by atoms with van der Waals surface area (Å²) in [5.41, 5.74) is 2.30. The third-order valence-corrected chi connectivity index (χ3v) is 3.42. The Morgan fingerprint density at radius 3 is 2.95 bits per heavy atom. The van der Waals surface area contributed by atoms with Gasteiger partial charge in [-0.05, 0) is 5.56 Å². The van der Waals surface area contributed by atoms with Gasteiger partial charge in [-0.3, -0.25) is 4.79 Å². The molecule has 2 heterocycles. The van der Waals surface area contributed by atoms with Crippen LogP contribution in [0.1, 0.15) is 16.8 Å². The molecular formula is C15H15N3O3. The van der Waals surface area contributed by atoms with Crippen molar-refractivity contribution >= 4 is 6.09 Å². The third-order valence-electron chi connectivity index (χ3n) is 3.42. The van der Waals surface area contributed by atoms with Gasteiger partial charge in [0.15, 0.2) is 0 Å². The maximum atomic E-state index is 12.1. The molecule has 0 unspecified atom stereocenters. The van der Waals surface area contributed by atoms with Crippen molar-refractivity contribution in [3.63, 3.8) is 0 Å². The van der Waals surface area contributed by atoms with Crippen LogP contribution in [-0.2, 0) is 24.3 Å². The normalized spacial score (nSPS) is 13.6. The number of carbonyl (C=O) groups excluding carboxylic acids is 1. The molecule has 108 valence electrons. The molecular weight excluding hydrogens is 270 g/mol. The number of nitrogens with one attached hydrogen (secondary N) is 1. The summed E-state index contributed by atoms with van der Waals surface area (Å²) in [5.74, 6) is 0. The number of hydrogen-bond acceptors (Lipinski definition) is 4. The molecule has 0 aliphatic carbocycles. The minimum Gasteiger partial charge on any atom is -0.445 e. The van der Waals surface area contributed by atoms with E-state index >= 15 is 0 Å². The first-order chi connectivity index (χ1) is 10.2. The number of ether oxygens (including phenoxy) is 1. The smallest absolute Gasteiger partial charge is 0.410 e. The summed E-state index contributed by atoms with van der Waals surface area (Å²) >= 11 is 0. The van der Waals surface area contributed by atoms with Gasteiger partial charge in [-0.15, -0.1) is 0 Å². The van der Waals surface area contributed by atoms with Gasteiger partial charge in [0, 0.05) is 24.6 Å². The number of H-pyrrole nitrogens is 1. The van der Waals surface area contributed by atoms with Crippen molar-refractivity contribution in [3.8, 4) is 0 Å². The van der Waals surface area contributed by atoms with Crippen LogP contribution in [0.15, 0.2) is 41.2 Å². The van der Waals surface area contributed by atoms with E-state index in [1.54, 1.807) is 4.90 Å². The zero-order valence-electron chi connectivity index (χ0n) is 11.4. The van der Waals surface area contributed by atoms with Gasteiger partial charge in [0.2, 0.25) is 0 Å². The lowest BCUT2D eigenvalue weighted by atomic mass is 10.1. The fourth-order valence-corrected chi connectivity index (χ4v) is 2.31. The number of amides is 1. The molecule has 3 rings (SSSR count). The van der Waals surface area contributed by atoms with Gasteiger partial charge in [-0.25, -0.2) is 9.89 Å². The Kier molecular flexibility index (Phi) is 3.68. The van der Waals surface area contributed by atoms with Gasteiger partial charge in [0.25, 0.3) is 5.56 Å². The van der Waals surface area contributed by atoms with Crippen LogP contribution in [0.4, 0.5) is 4.79 Å². The average molecular weight is 285 g/mol. The molecule has 1 amide bonds. The van der Waals surface area contributed by atoms with E-state index in [1.807, 2.05) is 30.3 Å². The molecule has 0 bridgehead atoms. The Labute approximate surface area is 121 Å². The number of aromatic amines is 1. The maximum absolute atomic E-state index is 12.1. The second-order valence-electron chi connectivity index (χ2n) is 4.92. The molecule has 1 N–H and O–H groups in total. The summed E-state index contributed by atoms with van der Waals surface area (Å²) in [6.45, 7) is 1.15. The highest BCUT2D eigenvalue weighted by Gasteiger charge is 2.23. The monoisotopic (exact) mass is 285 g/mol. The molecule has 1 aliphatic heterocycles. The first kappa shape index (κ1) is 13.4. The van der Waals surface area contributed by atoms with E-state index in [2.05, 4.69) is 10.2 Å². The number of rotatable bonds is 2.